The molecule has 1 amide bonds. The molecule has 2 heterocycles. The number of anilines is 1. The first-order chi connectivity index (χ1) is 10.8. The van der Waals surface area contributed by atoms with Crippen LogP contribution in [0.5, 0.6) is 0 Å². The van der Waals surface area contributed by atoms with E-state index in [1.807, 2.05) is 24.0 Å². The summed E-state index contributed by atoms with van der Waals surface area (Å²) in [5, 5.41) is 1.09. The van der Waals surface area contributed by atoms with Crippen molar-refractivity contribution in [1.82, 2.24) is 0 Å². The third kappa shape index (κ3) is 3.27. The second-order valence-corrected chi connectivity index (χ2v) is 9.51. The van der Waals surface area contributed by atoms with Crippen LogP contribution in [0.15, 0.2) is 23.2 Å². The van der Waals surface area contributed by atoms with Crippen molar-refractivity contribution in [2.45, 2.75) is 31.6 Å². The Morgan fingerprint density at radius 3 is 2.83 bits per heavy atom. The monoisotopic (exact) mass is 372 g/mol. The predicted octanol–water partition coefficient (Wildman–Crippen LogP) is 2.66. The average molecular weight is 373 g/mol. The summed E-state index contributed by atoms with van der Waals surface area (Å²) in [5.74, 6) is -0.00804. The molecular weight excluding hydrogens is 356 g/mol. The van der Waals surface area contributed by atoms with Crippen LogP contribution in [0, 0.1) is 6.92 Å². The predicted molar refractivity (Wildman–Crippen MR) is 95.2 cm³/mol. The molecule has 2 fully saturated rings. The molecule has 2 aliphatic rings. The Bertz CT molecular complexity index is 792. The van der Waals surface area contributed by atoms with E-state index in [1.165, 1.54) is 11.8 Å². The molecule has 1 aromatic rings. The summed E-state index contributed by atoms with van der Waals surface area (Å²) in [7, 11) is -3.06. The molecule has 2 atom stereocenters. The van der Waals surface area contributed by atoms with Crippen molar-refractivity contribution in [2.24, 2.45) is 4.99 Å². The summed E-state index contributed by atoms with van der Waals surface area (Å²) in [4.78, 5) is 17.8. The van der Waals surface area contributed by atoms with Crippen LogP contribution < -0.4 is 4.90 Å². The quantitative estimate of drug-likeness (QED) is 0.798. The Morgan fingerprint density at radius 2 is 2.17 bits per heavy atom. The number of hydrogen-bond donors (Lipinski definition) is 0. The van der Waals surface area contributed by atoms with E-state index in [0.717, 1.165) is 11.3 Å². The molecule has 124 valence electrons. The van der Waals surface area contributed by atoms with E-state index in [1.54, 1.807) is 13.0 Å². The van der Waals surface area contributed by atoms with E-state index in [2.05, 4.69) is 4.99 Å². The molecule has 0 saturated carbocycles. The van der Waals surface area contributed by atoms with Crippen molar-refractivity contribution in [3.63, 3.8) is 0 Å². The molecule has 2 aliphatic heterocycles. The number of fused-ring (bicyclic) bond motifs is 1. The number of aliphatic imine (C=N–C) groups is 1. The highest BCUT2D eigenvalue weighted by atomic mass is 35.5. The molecule has 5 nitrogen and oxygen atoms in total. The Hall–Kier alpha value is -1.05. The van der Waals surface area contributed by atoms with Gasteiger partial charge in [-0.3, -0.25) is 4.79 Å². The second-order valence-electron chi connectivity index (χ2n) is 5.75. The first-order valence-corrected chi connectivity index (χ1v) is 10.4. The van der Waals surface area contributed by atoms with Crippen molar-refractivity contribution in [3.05, 3.63) is 28.8 Å². The van der Waals surface area contributed by atoms with Crippen molar-refractivity contribution < 1.29 is 13.2 Å². The van der Waals surface area contributed by atoms with Crippen molar-refractivity contribution >= 4 is 50.0 Å². The highest BCUT2D eigenvalue weighted by Crippen LogP contribution is 2.41. The van der Waals surface area contributed by atoms with Crippen LogP contribution in [0.25, 0.3) is 0 Å². The van der Waals surface area contributed by atoms with E-state index in [9.17, 15) is 13.2 Å². The normalized spacial score (nSPS) is 27.4. The lowest BCUT2D eigenvalue weighted by atomic mass is 10.1. The molecule has 1 aromatic carbocycles. The second kappa shape index (κ2) is 6.11. The van der Waals surface area contributed by atoms with Crippen LogP contribution in [0.2, 0.25) is 5.02 Å². The molecule has 0 N–H and O–H groups in total. The van der Waals surface area contributed by atoms with Crippen LogP contribution in [-0.4, -0.2) is 42.3 Å². The highest BCUT2D eigenvalue weighted by Gasteiger charge is 2.49. The van der Waals surface area contributed by atoms with Gasteiger partial charge in [0.1, 0.15) is 0 Å². The number of rotatable bonds is 2. The van der Waals surface area contributed by atoms with Crippen LogP contribution in [0.3, 0.4) is 0 Å². The number of aryl methyl sites for hydroxylation is 1. The lowest BCUT2D eigenvalue weighted by Gasteiger charge is -2.25. The zero-order chi connectivity index (χ0) is 16.8. The fraction of sp³-hybridized carbons (Fsp3) is 0.467. The first kappa shape index (κ1) is 16.8. The van der Waals surface area contributed by atoms with E-state index in [0.29, 0.717) is 16.6 Å². The van der Waals surface area contributed by atoms with Gasteiger partial charge in [0.2, 0.25) is 5.91 Å². The van der Waals surface area contributed by atoms with Crippen LogP contribution >= 0.6 is 23.4 Å². The van der Waals surface area contributed by atoms with Gasteiger partial charge < -0.3 is 4.90 Å². The number of benzene rings is 1. The summed E-state index contributed by atoms with van der Waals surface area (Å²) in [5.41, 5.74) is 1.72. The molecular formula is C15H17ClN2O3S2. The summed E-state index contributed by atoms with van der Waals surface area (Å²) < 4.78 is 23.9. The fourth-order valence-electron chi connectivity index (χ4n) is 2.78. The maximum absolute atomic E-state index is 12.0. The van der Waals surface area contributed by atoms with Crippen molar-refractivity contribution in [3.8, 4) is 0 Å². The zero-order valence-corrected chi connectivity index (χ0v) is 15.2. The Morgan fingerprint density at radius 1 is 1.43 bits per heavy atom. The van der Waals surface area contributed by atoms with Gasteiger partial charge in [0.25, 0.3) is 0 Å². The van der Waals surface area contributed by atoms with Crippen LogP contribution in [0.4, 0.5) is 5.69 Å². The summed E-state index contributed by atoms with van der Waals surface area (Å²) in [6, 6.07) is 5.38. The fourth-order valence-corrected chi connectivity index (χ4v) is 6.89. The Kier molecular flexibility index (Phi) is 4.46. The maximum Gasteiger partial charge on any atom is 0.247 e. The van der Waals surface area contributed by atoms with Gasteiger partial charge in [0.05, 0.1) is 17.5 Å². The number of nitrogens with zero attached hydrogens (tertiary/aromatic N) is 2. The summed E-state index contributed by atoms with van der Waals surface area (Å²) >= 11 is 7.59. The van der Waals surface area contributed by atoms with E-state index in [4.69, 9.17) is 11.6 Å². The third-order valence-electron chi connectivity index (χ3n) is 4.02. The van der Waals surface area contributed by atoms with Gasteiger partial charge in [0, 0.05) is 22.4 Å². The van der Waals surface area contributed by atoms with Gasteiger partial charge in [-0.15, -0.1) is 0 Å². The molecule has 0 spiro atoms. The SMILES string of the molecule is CCC(=O)N=C1S[C@@H]2CS(=O)(=O)C[C@@H]2N1c1ccc(C)c(Cl)c1. The van der Waals surface area contributed by atoms with E-state index < -0.39 is 9.84 Å². The largest absolute Gasteiger partial charge is 0.316 e. The van der Waals surface area contributed by atoms with Gasteiger partial charge in [-0.25, -0.2) is 8.42 Å². The summed E-state index contributed by atoms with van der Waals surface area (Å²) in [6.45, 7) is 3.66. The number of sulfone groups is 1. The topological polar surface area (TPSA) is 66.8 Å². The minimum atomic E-state index is -3.06. The molecule has 23 heavy (non-hydrogen) atoms. The van der Waals surface area contributed by atoms with Gasteiger partial charge in [-0.2, -0.15) is 4.99 Å². The number of carbonyl (C=O) groups excluding carboxylic acids is 1. The lowest BCUT2D eigenvalue weighted by molar-refractivity contribution is -0.117. The van der Waals surface area contributed by atoms with Gasteiger partial charge in [0.15, 0.2) is 15.0 Å². The van der Waals surface area contributed by atoms with Gasteiger partial charge in [-0.1, -0.05) is 36.4 Å². The lowest BCUT2D eigenvalue weighted by Crippen LogP contribution is -2.37. The smallest absolute Gasteiger partial charge is 0.247 e. The molecule has 3 rings (SSSR count). The molecule has 0 aliphatic carbocycles. The molecule has 0 unspecified atom stereocenters. The Labute approximate surface area is 145 Å². The number of carbonyl (C=O) groups is 1. The first-order valence-electron chi connectivity index (χ1n) is 7.34. The minimum absolute atomic E-state index is 0.0789. The maximum atomic E-state index is 12.0. The van der Waals surface area contributed by atoms with Crippen molar-refractivity contribution in [1.29, 1.82) is 0 Å². The number of hydrogen-bond acceptors (Lipinski definition) is 4. The molecule has 8 heteroatoms. The van der Waals surface area contributed by atoms with Crippen LogP contribution in [0.1, 0.15) is 18.9 Å². The highest BCUT2D eigenvalue weighted by molar-refractivity contribution is 8.16. The third-order valence-corrected chi connectivity index (χ3v) is 7.64. The molecule has 0 bridgehead atoms. The molecule has 0 aromatic heterocycles. The van der Waals surface area contributed by atoms with Gasteiger partial charge in [-0.05, 0) is 24.6 Å². The molecule has 0 radical (unpaired) electrons. The summed E-state index contributed by atoms with van der Waals surface area (Å²) in [6.07, 6.45) is 0.320. The number of amidine groups is 1. The van der Waals surface area contributed by atoms with Gasteiger partial charge >= 0.3 is 0 Å². The average Bonchev–Trinajstić information content (AvgIpc) is 2.93. The van der Waals surface area contributed by atoms with Crippen LogP contribution in [-0.2, 0) is 14.6 Å². The number of amides is 1. The van der Waals surface area contributed by atoms with E-state index in [-0.39, 0.29) is 28.7 Å². The molecule has 2 saturated heterocycles. The van der Waals surface area contributed by atoms with Crippen molar-refractivity contribution in [2.75, 3.05) is 16.4 Å². The number of thioether (sulfide) groups is 1. The minimum Gasteiger partial charge on any atom is -0.316 e. The zero-order valence-electron chi connectivity index (χ0n) is 12.8. The Balaban J connectivity index is 2.04. The standard InChI is InChI=1S/C15H17ClN2O3S2/c1-3-14(19)17-15-18(10-5-4-9(2)11(16)6-10)12-7-23(20,21)8-13(12)22-15/h4-6,12-13H,3,7-8H2,1-2H3/t12-,13+/m0/s1. The van der Waals surface area contributed by atoms with E-state index >= 15 is 0 Å². The number of halogens is 1.